The molecule has 196 valence electrons. The summed E-state index contributed by atoms with van der Waals surface area (Å²) in [4.78, 5) is 19.3. The van der Waals surface area contributed by atoms with E-state index in [0.717, 1.165) is 24.4 Å². The van der Waals surface area contributed by atoms with E-state index in [-0.39, 0.29) is 49.8 Å². The number of nitrogens with one attached hydrogen (secondary N) is 2. The van der Waals surface area contributed by atoms with E-state index in [4.69, 9.17) is 4.74 Å². The van der Waals surface area contributed by atoms with Crippen LogP contribution in [0.15, 0.2) is 36.5 Å². The third-order valence-electron chi connectivity index (χ3n) is 5.46. The summed E-state index contributed by atoms with van der Waals surface area (Å²) >= 11 is 0. The van der Waals surface area contributed by atoms with Gasteiger partial charge in [-0.2, -0.15) is 41.3 Å². The fourth-order valence-corrected chi connectivity index (χ4v) is 3.72. The van der Waals surface area contributed by atoms with E-state index in [2.05, 4.69) is 35.6 Å². The van der Waals surface area contributed by atoms with E-state index in [9.17, 15) is 26.3 Å². The molecule has 1 aliphatic heterocycles. The van der Waals surface area contributed by atoms with Gasteiger partial charge < -0.3 is 15.4 Å². The van der Waals surface area contributed by atoms with Crippen molar-refractivity contribution >= 4 is 17.6 Å². The van der Waals surface area contributed by atoms with Gasteiger partial charge >= 0.3 is 12.4 Å². The largest absolute Gasteiger partial charge is 0.433 e. The molecule has 2 fully saturated rings. The molecular formula is C22H25F6N7O. The molecule has 14 heteroatoms. The monoisotopic (exact) mass is 517 g/mol. The number of hydrogen-bond acceptors (Lipinski definition) is 8. The molecular weight excluding hydrogens is 492 g/mol. The van der Waals surface area contributed by atoms with Crippen molar-refractivity contribution in [1.82, 2.24) is 24.9 Å². The molecule has 2 unspecified atom stereocenters. The van der Waals surface area contributed by atoms with Gasteiger partial charge in [-0.3, -0.25) is 4.98 Å². The fraction of sp³-hybridized carbons (Fsp3) is 0.409. The van der Waals surface area contributed by atoms with Crippen LogP contribution in [-0.4, -0.2) is 44.2 Å². The molecule has 3 aromatic heterocycles. The van der Waals surface area contributed by atoms with E-state index < -0.39 is 23.7 Å². The summed E-state index contributed by atoms with van der Waals surface area (Å²) in [5.41, 5.74) is -2.45. The Morgan fingerprint density at radius 2 is 1.53 bits per heavy atom. The number of anilines is 3. The highest BCUT2D eigenvalue weighted by Crippen LogP contribution is 2.45. The molecule has 1 aliphatic carbocycles. The Balaban J connectivity index is 0.00000124. The first kappa shape index (κ1) is 25.5. The predicted octanol–water partition coefficient (Wildman–Crippen LogP) is 5.68. The first-order chi connectivity index (χ1) is 17.1. The van der Waals surface area contributed by atoms with Gasteiger partial charge in [0.25, 0.3) is 0 Å². The highest BCUT2D eigenvalue weighted by Gasteiger charge is 2.54. The van der Waals surface area contributed by atoms with Crippen LogP contribution in [0, 0.1) is 11.8 Å². The normalized spacial score (nSPS) is 20.7. The number of aromatic nitrogens is 5. The molecule has 0 spiro atoms. The van der Waals surface area contributed by atoms with E-state index in [1.54, 1.807) is 0 Å². The first-order valence-electron chi connectivity index (χ1n) is 11.0. The molecule has 2 aliphatic rings. The number of pyridine rings is 2. The van der Waals surface area contributed by atoms with Crippen LogP contribution >= 0.6 is 0 Å². The van der Waals surface area contributed by atoms with Crippen LogP contribution in [-0.2, 0) is 17.1 Å². The minimum atomic E-state index is -4.68. The van der Waals surface area contributed by atoms with Crippen LogP contribution in [0.3, 0.4) is 0 Å². The molecule has 36 heavy (non-hydrogen) atoms. The lowest BCUT2D eigenvalue weighted by atomic mass is 10.3. The van der Waals surface area contributed by atoms with Crippen molar-refractivity contribution in [2.45, 2.75) is 32.2 Å². The fourth-order valence-electron chi connectivity index (χ4n) is 3.72. The third-order valence-corrected chi connectivity index (χ3v) is 5.46. The Bertz CT molecular complexity index is 1220. The van der Waals surface area contributed by atoms with Crippen LogP contribution in [0.2, 0.25) is 0 Å². The number of ether oxygens (including phenoxy) is 1. The van der Waals surface area contributed by atoms with Crippen molar-refractivity contribution in [3.63, 3.8) is 0 Å². The average Bonchev–Trinajstić information content (AvgIpc) is 3.24. The molecule has 8 nitrogen and oxygen atoms in total. The van der Waals surface area contributed by atoms with Crippen molar-refractivity contribution in [3.8, 4) is 11.5 Å². The number of hydrogen-bond donors (Lipinski definition) is 2. The molecule has 5 rings (SSSR count). The lowest BCUT2D eigenvalue weighted by molar-refractivity contribution is -0.141. The van der Waals surface area contributed by atoms with Gasteiger partial charge in [0, 0.05) is 32.6 Å². The van der Waals surface area contributed by atoms with Gasteiger partial charge in [-0.15, -0.1) is 0 Å². The second-order valence-electron chi connectivity index (χ2n) is 7.80. The highest BCUT2D eigenvalue weighted by molar-refractivity contribution is 5.59. The summed E-state index contributed by atoms with van der Waals surface area (Å²) in [5, 5.41) is 5.75. The Labute approximate surface area is 204 Å². The van der Waals surface area contributed by atoms with Crippen molar-refractivity contribution in [2.24, 2.45) is 11.8 Å². The zero-order valence-corrected chi connectivity index (χ0v) is 19.0. The van der Waals surface area contributed by atoms with Gasteiger partial charge in [0.1, 0.15) is 17.1 Å². The van der Waals surface area contributed by atoms with Gasteiger partial charge in [-0.1, -0.05) is 19.9 Å². The molecule has 1 saturated carbocycles. The quantitative estimate of drug-likeness (QED) is 0.417. The van der Waals surface area contributed by atoms with Crippen LogP contribution in [0.4, 0.5) is 43.9 Å². The van der Waals surface area contributed by atoms with E-state index in [1.807, 2.05) is 13.8 Å². The standard InChI is InChI=1S/C20H15F6N7O.C2H6.2H2/c21-19(22,23)13-3-1-2-12(29-13)16-31-17(28-9-4-5-27-14(6-9)20(24,25)26)33-18(32-16)30-15-10-7-34-8-11(10)15;1-2;;/h1-6,10-11,15H,7-8H2,(H2,27,28,30,31,32,33);1-2H3;2*1H. The Hall–Kier alpha value is -3.55. The van der Waals surface area contributed by atoms with Crippen LogP contribution in [0.25, 0.3) is 11.5 Å². The summed E-state index contributed by atoms with van der Waals surface area (Å²) in [6.45, 7) is 5.13. The Morgan fingerprint density at radius 1 is 0.861 bits per heavy atom. The minimum absolute atomic E-state index is 0. The van der Waals surface area contributed by atoms with E-state index in [0.29, 0.717) is 13.2 Å². The van der Waals surface area contributed by atoms with Gasteiger partial charge in [0.2, 0.25) is 11.9 Å². The molecule has 0 aromatic carbocycles. The first-order valence-corrected chi connectivity index (χ1v) is 11.0. The maximum Gasteiger partial charge on any atom is 0.433 e. The van der Waals surface area contributed by atoms with Crippen molar-refractivity contribution < 1.29 is 33.9 Å². The van der Waals surface area contributed by atoms with E-state index >= 15 is 0 Å². The Kier molecular flexibility index (Phi) is 6.98. The summed E-state index contributed by atoms with van der Waals surface area (Å²) < 4.78 is 83.7. The summed E-state index contributed by atoms with van der Waals surface area (Å²) in [6, 6.07) is 5.33. The summed E-state index contributed by atoms with van der Waals surface area (Å²) in [7, 11) is 0. The molecule has 2 N–H and O–H groups in total. The summed E-state index contributed by atoms with van der Waals surface area (Å²) in [6.07, 6.45) is -8.38. The summed E-state index contributed by atoms with van der Waals surface area (Å²) in [5.74, 6) is 0.221. The predicted molar refractivity (Wildman–Crippen MR) is 121 cm³/mol. The van der Waals surface area contributed by atoms with Crippen molar-refractivity contribution in [2.75, 3.05) is 23.8 Å². The molecule has 3 aromatic rings. The Morgan fingerprint density at radius 3 is 2.19 bits per heavy atom. The number of halogens is 6. The van der Waals surface area contributed by atoms with Crippen LogP contribution in [0.5, 0.6) is 0 Å². The smallest absolute Gasteiger partial charge is 0.381 e. The molecule has 2 atom stereocenters. The molecule has 1 saturated heterocycles. The van der Waals surface area contributed by atoms with Gasteiger partial charge in [0.15, 0.2) is 5.82 Å². The molecule has 0 bridgehead atoms. The highest BCUT2D eigenvalue weighted by atomic mass is 19.4. The zero-order chi connectivity index (χ0) is 26.1. The maximum absolute atomic E-state index is 13.1. The lowest BCUT2D eigenvalue weighted by Gasteiger charge is -2.13. The third kappa shape index (κ3) is 5.64. The minimum Gasteiger partial charge on any atom is -0.381 e. The second-order valence-corrected chi connectivity index (χ2v) is 7.80. The second kappa shape index (κ2) is 9.84. The van der Waals surface area contributed by atoms with Crippen LogP contribution < -0.4 is 10.6 Å². The van der Waals surface area contributed by atoms with E-state index in [1.165, 1.54) is 12.1 Å². The lowest BCUT2D eigenvalue weighted by Crippen LogP contribution is -2.16. The van der Waals surface area contributed by atoms with Gasteiger partial charge in [-0.25, -0.2) is 4.98 Å². The number of rotatable bonds is 5. The molecule has 0 radical (unpaired) electrons. The van der Waals surface area contributed by atoms with Crippen molar-refractivity contribution in [3.05, 3.63) is 47.9 Å². The average molecular weight is 517 g/mol. The zero-order valence-electron chi connectivity index (χ0n) is 19.0. The number of nitrogens with zero attached hydrogens (tertiary/aromatic N) is 5. The topological polar surface area (TPSA) is 97.7 Å². The number of alkyl halides is 6. The SMILES string of the molecule is CC.FC(F)(F)c1cc(Nc2nc(NC3C4COCC43)nc(-c3cccc(C(F)(F)F)n3)n2)ccn1.[HH].[HH]. The van der Waals surface area contributed by atoms with Crippen LogP contribution in [0.1, 0.15) is 28.1 Å². The van der Waals surface area contributed by atoms with Gasteiger partial charge in [0.05, 0.1) is 13.2 Å². The molecule has 4 heterocycles. The molecule has 0 amide bonds. The number of fused-ring (bicyclic) bond motifs is 1. The maximum atomic E-state index is 13.1. The van der Waals surface area contributed by atoms with Crippen molar-refractivity contribution in [1.29, 1.82) is 0 Å². The van der Waals surface area contributed by atoms with Gasteiger partial charge in [-0.05, 0) is 24.3 Å².